The molecule has 112 valence electrons. The van der Waals surface area contributed by atoms with Gasteiger partial charge >= 0.3 is 0 Å². The molecule has 1 N–H and O–H groups in total. The summed E-state index contributed by atoms with van der Waals surface area (Å²) < 4.78 is 5.87. The highest BCUT2D eigenvalue weighted by molar-refractivity contribution is 5.14. The molecule has 0 saturated heterocycles. The van der Waals surface area contributed by atoms with Gasteiger partial charge < -0.3 is 10.1 Å². The molecule has 1 saturated carbocycles. The summed E-state index contributed by atoms with van der Waals surface area (Å²) in [6.45, 7) is 0. The van der Waals surface area contributed by atoms with E-state index < -0.39 is 0 Å². The van der Waals surface area contributed by atoms with Gasteiger partial charge in [-0.15, -0.1) is 0 Å². The van der Waals surface area contributed by atoms with Gasteiger partial charge in [-0.3, -0.25) is 0 Å². The standard InChI is InChI=1S/C18H29NO/c1-19-17(14-13-15-9-5-3-6-10-15)18(20-2)16-11-7-4-8-12-16/h3,5-6,9-10,16-19H,4,7-8,11-14H2,1-2H3. The van der Waals surface area contributed by atoms with E-state index >= 15 is 0 Å². The Balaban J connectivity index is 1.91. The van der Waals surface area contributed by atoms with Crippen molar-refractivity contribution < 1.29 is 4.74 Å². The monoisotopic (exact) mass is 275 g/mol. The summed E-state index contributed by atoms with van der Waals surface area (Å²) in [7, 11) is 3.95. The van der Waals surface area contributed by atoms with Crippen molar-refractivity contribution in [1.29, 1.82) is 0 Å². The van der Waals surface area contributed by atoms with Crippen molar-refractivity contribution in [3.63, 3.8) is 0 Å². The molecular formula is C18H29NO. The highest BCUT2D eigenvalue weighted by atomic mass is 16.5. The lowest BCUT2D eigenvalue weighted by Crippen LogP contribution is -2.44. The third-order valence-electron chi connectivity index (χ3n) is 4.74. The van der Waals surface area contributed by atoms with Crippen molar-refractivity contribution in [3.8, 4) is 0 Å². The maximum atomic E-state index is 5.87. The number of hydrogen-bond donors (Lipinski definition) is 1. The summed E-state index contributed by atoms with van der Waals surface area (Å²) in [4.78, 5) is 0. The zero-order chi connectivity index (χ0) is 14.2. The smallest absolute Gasteiger partial charge is 0.0752 e. The maximum absolute atomic E-state index is 5.87. The Morgan fingerprint density at radius 2 is 1.85 bits per heavy atom. The summed E-state index contributed by atoms with van der Waals surface area (Å²) in [6, 6.07) is 11.2. The quantitative estimate of drug-likeness (QED) is 0.817. The van der Waals surface area contributed by atoms with Gasteiger partial charge in [0.25, 0.3) is 0 Å². The van der Waals surface area contributed by atoms with E-state index in [1.165, 1.54) is 37.7 Å². The molecule has 1 aliphatic rings. The molecule has 1 fully saturated rings. The Bertz CT molecular complexity index is 359. The molecule has 20 heavy (non-hydrogen) atoms. The molecule has 2 unspecified atom stereocenters. The lowest BCUT2D eigenvalue weighted by molar-refractivity contribution is 0.00808. The Hall–Kier alpha value is -0.860. The Kier molecular flexibility index (Phi) is 6.55. The number of benzene rings is 1. The summed E-state index contributed by atoms with van der Waals surface area (Å²) in [5.74, 6) is 0.738. The molecule has 0 radical (unpaired) electrons. The van der Waals surface area contributed by atoms with Crippen LogP contribution in [0.5, 0.6) is 0 Å². The second-order valence-corrected chi connectivity index (χ2v) is 6.02. The third kappa shape index (κ3) is 4.32. The van der Waals surface area contributed by atoms with Crippen LogP contribution in [-0.2, 0) is 11.2 Å². The number of methoxy groups -OCH3 is 1. The second-order valence-electron chi connectivity index (χ2n) is 6.02. The summed E-state index contributed by atoms with van der Waals surface area (Å²) in [5, 5.41) is 3.50. The SMILES string of the molecule is CNC(CCc1ccccc1)C(OC)C1CCCCC1. The molecule has 2 rings (SSSR count). The number of nitrogens with one attached hydrogen (secondary N) is 1. The van der Waals surface area contributed by atoms with Gasteiger partial charge in [-0.2, -0.15) is 0 Å². The van der Waals surface area contributed by atoms with E-state index in [2.05, 4.69) is 42.7 Å². The van der Waals surface area contributed by atoms with Crippen LogP contribution < -0.4 is 5.32 Å². The first kappa shape index (κ1) is 15.5. The number of likely N-dealkylation sites (N-methyl/N-ethyl adjacent to an activating group) is 1. The van der Waals surface area contributed by atoms with Crippen LogP contribution in [0.15, 0.2) is 30.3 Å². The topological polar surface area (TPSA) is 21.3 Å². The fraction of sp³-hybridized carbons (Fsp3) is 0.667. The van der Waals surface area contributed by atoms with Crippen LogP contribution in [0.3, 0.4) is 0 Å². The van der Waals surface area contributed by atoms with Gasteiger partial charge in [0.2, 0.25) is 0 Å². The Morgan fingerprint density at radius 3 is 2.45 bits per heavy atom. The summed E-state index contributed by atoms with van der Waals surface area (Å²) >= 11 is 0. The van der Waals surface area contributed by atoms with Crippen LogP contribution in [-0.4, -0.2) is 26.3 Å². The highest BCUT2D eigenvalue weighted by Gasteiger charge is 2.29. The van der Waals surface area contributed by atoms with Gasteiger partial charge in [-0.1, -0.05) is 49.6 Å². The Morgan fingerprint density at radius 1 is 1.15 bits per heavy atom. The van der Waals surface area contributed by atoms with E-state index in [0.29, 0.717) is 12.1 Å². The first-order chi connectivity index (χ1) is 9.85. The second kappa shape index (κ2) is 8.43. The number of aryl methyl sites for hydroxylation is 1. The van der Waals surface area contributed by atoms with Crippen LogP contribution >= 0.6 is 0 Å². The van der Waals surface area contributed by atoms with Gasteiger partial charge in [0.15, 0.2) is 0 Å². The van der Waals surface area contributed by atoms with E-state index in [9.17, 15) is 0 Å². The normalized spacial score (nSPS) is 19.7. The molecule has 0 spiro atoms. The van der Waals surface area contributed by atoms with E-state index in [1.54, 1.807) is 0 Å². The zero-order valence-corrected chi connectivity index (χ0v) is 13.0. The van der Waals surface area contributed by atoms with Crippen molar-refractivity contribution in [3.05, 3.63) is 35.9 Å². The van der Waals surface area contributed by atoms with Crippen LogP contribution in [0.1, 0.15) is 44.1 Å². The van der Waals surface area contributed by atoms with Crippen LogP contribution in [0.25, 0.3) is 0 Å². The highest BCUT2D eigenvalue weighted by Crippen LogP contribution is 2.30. The average molecular weight is 275 g/mol. The lowest BCUT2D eigenvalue weighted by atomic mass is 9.81. The van der Waals surface area contributed by atoms with E-state index in [-0.39, 0.29) is 0 Å². The fourth-order valence-corrected chi connectivity index (χ4v) is 3.59. The molecule has 2 atom stereocenters. The first-order valence-corrected chi connectivity index (χ1v) is 8.09. The zero-order valence-electron chi connectivity index (χ0n) is 13.0. The molecule has 0 heterocycles. The van der Waals surface area contributed by atoms with Crippen LogP contribution in [0, 0.1) is 5.92 Å². The van der Waals surface area contributed by atoms with Gasteiger partial charge in [0.05, 0.1) is 6.10 Å². The third-order valence-corrected chi connectivity index (χ3v) is 4.74. The largest absolute Gasteiger partial charge is 0.380 e. The van der Waals surface area contributed by atoms with Crippen LogP contribution in [0.4, 0.5) is 0 Å². The molecule has 1 aliphatic carbocycles. The van der Waals surface area contributed by atoms with Gasteiger partial charge in [0.1, 0.15) is 0 Å². The molecular weight excluding hydrogens is 246 g/mol. The van der Waals surface area contributed by atoms with Gasteiger partial charge in [0, 0.05) is 13.2 Å². The predicted octanol–water partition coefficient (Wildman–Crippen LogP) is 3.80. The minimum absolute atomic E-state index is 0.365. The average Bonchev–Trinajstić information content (AvgIpc) is 2.53. The summed E-state index contributed by atoms with van der Waals surface area (Å²) in [6.07, 6.45) is 9.46. The minimum atomic E-state index is 0.365. The summed E-state index contributed by atoms with van der Waals surface area (Å²) in [5.41, 5.74) is 1.42. The molecule has 0 bridgehead atoms. The van der Waals surface area contributed by atoms with Crippen molar-refractivity contribution in [2.24, 2.45) is 5.92 Å². The van der Waals surface area contributed by atoms with Crippen molar-refractivity contribution in [1.82, 2.24) is 5.32 Å². The van der Waals surface area contributed by atoms with E-state index in [0.717, 1.165) is 18.8 Å². The molecule has 1 aromatic carbocycles. The van der Waals surface area contributed by atoms with Crippen LogP contribution in [0.2, 0.25) is 0 Å². The molecule has 1 aromatic rings. The molecule has 2 heteroatoms. The van der Waals surface area contributed by atoms with Crippen molar-refractivity contribution in [2.45, 2.75) is 57.1 Å². The molecule has 0 amide bonds. The Labute approximate surface area is 123 Å². The van der Waals surface area contributed by atoms with Crippen molar-refractivity contribution in [2.75, 3.05) is 14.2 Å². The minimum Gasteiger partial charge on any atom is -0.380 e. The van der Waals surface area contributed by atoms with Gasteiger partial charge in [-0.25, -0.2) is 0 Å². The number of rotatable bonds is 7. The molecule has 0 aliphatic heterocycles. The van der Waals surface area contributed by atoms with Gasteiger partial charge in [-0.05, 0) is 44.2 Å². The fourth-order valence-electron chi connectivity index (χ4n) is 3.59. The van der Waals surface area contributed by atoms with E-state index in [4.69, 9.17) is 4.74 Å². The maximum Gasteiger partial charge on any atom is 0.0752 e. The predicted molar refractivity (Wildman–Crippen MR) is 85.0 cm³/mol. The molecule has 0 aromatic heterocycles. The molecule has 2 nitrogen and oxygen atoms in total. The van der Waals surface area contributed by atoms with E-state index in [1.807, 2.05) is 7.11 Å². The number of hydrogen-bond acceptors (Lipinski definition) is 2. The first-order valence-electron chi connectivity index (χ1n) is 8.09. The lowest BCUT2D eigenvalue weighted by Gasteiger charge is -2.35. The number of ether oxygens (including phenoxy) is 1. The van der Waals surface area contributed by atoms with Crippen molar-refractivity contribution >= 4 is 0 Å².